The van der Waals surface area contributed by atoms with E-state index in [0.717, 1.165) is 0 Å². The first kappa shape index (κ1) is 16.4. The van der Waals surface area contributed by atoms with Crippen LogP contribution in [0.15, 0.2) is 48.5 Å². The van der Waals surface area contributed by atoms with Gasteiger partial charge in [-0.15, -0.1) is 0 Å². The molecule has 2 rings (SSSR count). The number of nitrogens with one attached hydrogen (secondary N) is 1. The third-order valence-corrected chi connectivity index (χ3v) is 3.03. The minimum absolute atomic E-state index is 0.188. The van der Waals surface area contributed by atoms with Gasteiger partial charge in [-0.1, -0.05) is 6.07 Å². The van der Waals surface area contributed by atoms with Gasteiger partial charge < -0.3 is 19.5 Å². The van der Waals surface area contributed by atoms with Gasteiger partial charge in [-0.05, 0) is 36.4 Å². The number of carbonyl (C=O) groups excluding carboxylic acids is 2. The number of hydrogen-bond donors (Lipinski definition) is 1. The minimum Gasteiger partial charge on any atom is -0.497 e. The highest BCUT2D eigenvalue weighted by Gasteiger charge is 2.07. The van der Waals surface area contributed by atoms with E-state index in [1.165, 1.54) is 7.11 Å². The van der Waals surface area contributed by atoms with Crippen LogP contribution in [0.3, 0.4) is 0 Å². The van der Waals surface area contributed by atoms with Gasteiger partial charge in [0, 0.05) is 17.3 Å². The highest BCUT2D eigenvalue weighted by atomic mass is 16.6. The molecule has 0 aliphatic heterocycles. The molecule has 0 bridgehead atoms. The van der Waals surface area contributed by atoms with Crippen molar-refractivity contribution >= 4 is 17.6 Å². The number of benzene rings is 2. The molecule has 1 amide bonds. The minimum atomic E-state index is -0.474. The predicted octanol–water partition coefficient (Wildman–Crippen LogP) is 2.50. The molecule has 0 saturated heterocycles. The van der Waals surface area contributed by atoms with E-state index in [0.29, 0.717) is 22.7 Å². The Bertz CT molecular complexity index is 682. The summed E-state index contributed by atoms with van der Waals surface area (Å²) >= 11 is 0. The van der Waals surface area contributed by atoms with Crippen LogP contribution in [0.4, 0.5) is 5.69 Å². The van der Waals surface area contributed by atoms with Crippen molar-refractivity contribution in [1.29, 1.82) is 0 Å². The number of amides is 1. The van der Waals surface area contributed by atoms with Crippen molar-refractivity contribution in [1.82, 2.24) is 0 Å². The average molecular weight is 315 g/mol. The maximum absolute atomic E-state index is 12.2. The maximum atomic E-state index is 12.2. The fourth-order valence-corrected chi connectivity index (χ4v) is 1.81. The van der Waals surface area contributed by atoms with Crippen LogP contribution < -0.4 is 14.8 Å². The van der Waals surface area contributed by atoms with Crippen LogP contribution in [0.5, 0.6) is 11.5 Å². The van der Waals surface area contributed by atoms with Gasteiger partial charge in [-0.3, -0.25) is 4.79 Å². The summed E-state index contributed by atoms with van der Waals surface area (Å²) in [6.07, 6.45) is 0. The molecule has 0 heterocycles. The Hall–Kier alpha value is -3.02. The molecular weight excluding hydrogens is 298 g/mol. The Morgan fingerprint density at radius 3 is 2.39 bits per heavy atom. The molecule has 23 heavy (non-hydrogen) atoms. The van der Waals surface area contributed by atoms with Crippen LogP contribution >= 0.6 is 0 Å². The molecule has 2 aromatic rings. The molecular formula is C17H17NO5. The van der Waals surface area contributed by atoms with Gasteiger partial charge in [0.05, 0.1) is 14.2 Å². The van der Waals surface area contributed by atoms with Gasteiger partial charge in [-0.25, -0.2) is 4.79 Å². The van der Waals surface area contributed by atoms with Crippen LogP contribution in [-0.2, 0) is 9.53 Å². The van der Waals surface area contributed by atoms with Crippen molar-refractivity contribution in [2.75, 3.05) is 26.1 Å². The van der Waals surface area contributed by atoms with Gasteiger partial charge in [0.2, 0.25) is 0 Å². The first-order chi connectivity index (χ1) is 11.1. The van der Waals surface area contributed by atoms with E-state index in [4.69, 9.17) is 9.47 Å². The maximum Gasteiger partial charge on any atom is 0.343 e. The quantitative estimate of drug-likeness (QED) is 0.829. The fourth-order valence-electron chi connectivity index (χ4n) is 1.81. The number of rotatable bonds is 6. The van der Waals surface area contributed by atoms with Crippen molar-refractivity contribution in [2.45, 2.75) is 0 Å². The van der Waals surface area contributed by atoms with Gasteiger partial charge in [0.1, 0.15) is 11.5 Å². The molecule has 0 aliphatic rings. The van der Waals surface area contributed by atoms with E-state index in [2.05, 4.69) is 10.1 Å². The second-order valence-corrected chi connectivity index (χ2v) is 4.58. The Morgan fingerprint density at radius 1 is 1.00 bits per heavy atom. The summed E-state index contributed by atoms with van der Waals surface area (Å²) in [6, 6.07) is 13.5. The summed E-state index contributed by atoms with van der Waals surface area (Å²) in [5, 5.41) is 2.76. The lowest BCUT2D eigenvalue weighted by molar-refractivity contribution is -0.142. The van der Waals surface area contributed by atoms with E-state index in [1.807, 2.05) is 0 Å². The zero-order chi connectivity index (χ0) is 16.7. The predicted molar refractivity (Wildman–Crippen MR) is 84.9 cm³/mol. The molecule has 0 fully saturated rings. The molecule has 6 nitrogen and oxygen atoms in total. The lowest BCUT2D eigenvalue weighted by Crippen LogP contribution is -2.13. The van der Waals surface area contributed by atoms with Crippen molar-refractivity contribution in [3.8, 4) is 11.5 Å². The van der Waals surface area contributed by atoms with Gasteiger partial charge >= 0.3 is 5.97 Å². The third kappa shape index (κ3) is 4.74. The highest BCUT2D eigenvalue weighted by Crippen LogP contribution is 2.19. The van der Waals surface area contributed by atoms with Gasteiger partial charge in [0.25, 0.3) is 5.91 Å². The first-order valence-electron chi connectivity index (χ1n) is 6.87. The zero-order valence-electron chi connectivity index (χ0n) is 12.9. The Kier molecular flexibility index (Phi) is 5.57. The first-order valence-corrected chi connectivity index (χ1v) is 6.87. The molecule has 0 spiro atoms. The lowest BCUT2D eigenvalue weighted by Gasteiger charge is -2.09. The molecule has 0 aliphatic carbocycles. The van der Waals surface area contributed by atoms with Crippen LogP contribution in [0.2, 0.25) is 0 Å². The van der Waals surface area contributed by atoms with Gasteiger partial charge in [-0.2, -0.15) is 0 Å². The summed E-state index contributed by atoms with van der Waals surface area (Å²) in [4.78, 5) is 23.2. The fraction of sp³-hybridized carbons (Fsp3) is 0.176. The summed E-state index contributed by atoms with van der Waals surface area (Å²) < 4.78 is 14.8. The van der Waals surface area contributed by atoms with Crippen LogP contribution in [0.25, 0.3) is 0 Å². The number of ether oxygens (including phenoxy) is 3. The molecule has 0 radical (unpaired) electrons. The molecule has 120 valence electrons. The smallest absolute Gasteiger partial charge is 0.343 e. The summed E-state index contributed by atoms with van der Waals surface area (Å²) in [5.41, 5.74) is 1.07. The van der Waals surface area contributed by atoms with Crippen LogP contribution in [-0.4, -0.2) is 32.7 Å². The third-order valence-electron chi connectivity index (χ3n) is 3.03. The van der Waals surface area contributed by atoms with Crippen molar-refractivity contribution in [3.05, 3.63) is 54.1 Å². The largest absolute Gasteiger partial charge is 0.497 e. The molecule has 2 aromatic carbocycles. The highest BCUT2D eigenvalue weighted by molar-refractivity contribution is 6.04. The van der Waals surface area contributed by atoms with E-state index in [1.54, 1.807) is 55.6 Å². The molecule has 0 atom stereocenters. The standard InChI is InChI=1S/C17H17NO5/c1-21-14-8-6-12(7-9-14)17(20)18-13-4-3-5-15(10-13)23-11-16(19)22-2/h3-10H,11H2,1-2H3,(H,18,20). The molecule has 0 unspecified atom stereocenters. The number of carbonyl (C=O) groups is 2. The summed E-state index contributed by atoms with van der Waals surface area (Å²) in [5.74, 6) is 0.415. The number of methoxy groups -OCH3 is 2. The van der Waals surface area contributed by atoms with E-state index >= 15 is 0 Å². The molecule has 1 N–H and O–H groups in total. The van der Waals surface area contributed by atoms with E-state index in [9.17, 15) is 9.59 Å². The average Bonchev–Trinajstić information content (AvgIpc) is 2.60. The van der Waals surface area contributed by atoms with Crippen LogP contribution in [0, 0.1) is 0 Å². The molecule has 0 aromatic heterocycles. The van der Waals surface area contributed by atoms with E-state index < -0.39 is 5.97 Å². The normalized spacial score (nSPS) is 9.83. The number of anilines is 1. The van der Waals surface area contributed by atoms with Crippen molar-refractivity contribution in [3.63, 3.8) is 0 Å². The Morgan fingerprint density at radius 2 is 1.74 bits per heavy atom. The topological polar surface area (TPSA) is 73.9 Å². The number of esters is 1. The zero-order valence-corrected chi connectivity index (χ0v) is 12.9. The number of hydrogen-bond acceptors (Lipinski definition) is 5. The van der Waals surface area contributed by atoms with Gasteiger partial charge in [0.15, 0.2) is 6.61 Å². The summed E-state index contributed by atoms with van der Waals surface area (Å²) in [6.45, 7) is -0.188. The Balaban J connectivity index is 2.01. The van der Waals surface area contributed by atoms with Crippen molar-refractivity contribution < 1.29 is 23.8 Å². The molecule has 0 saturated carbocycles. The van der Waals surface area contributed by atoms with E-state index in [-0.39, 0.29) is 12.5 Å². The lowest BCUT2D eigenvalue weighted by atomic mass is 10.2. The van der Waals surface area contributed by atoms with Crippen molar-refractivity contribution in [2.24, 2.45) is 0 Å². The monoisotopic (exact) mass is 315 g/mol. The second-order valence-electron chi connectivity index (χ2n) is 4.58. The Labute approximate surface area is 134 Å². The SMILES string of the molecule is COC(=O)COc1cccc(NC(=O)c2ccc(OC)cc2)c1. The summed E-state index contributed by atoms with van der Waals surface area (Å²) in [7, 11) is 2.85. The molecule has 6 heteroatoms. The second kappa shape index (κ2) is 7.84. The van der Waals surface area contributed by atoms with Crippen LogP contribution in [0.1, 0.15) is 10.4 Å².